The number of pyridine rings is 2. The van der Waals surface area contributed by atoms with E-state index in [1.165, 1.54) is 25.3 Å². The van der Waals surface area contributed by atoms with Crippen molar-refractivity contribution in [3.05, 3.63) is 71.8 Å². The summed E-state index contributed by atoms with van der Waals surface area (Å²) in [5.74, 6) is -0.872. The molecule has 2 aromatic heterocycles. The molecule has 0 aliphatic rings. The van der Waals surface area contributed by atoms with Gasteiger partial charge in [0.05, 0.1) is 12.8 Å². The molecule has 0 atom stereocenters. The molecular formula is C19H16FN3O3. The first-order chi connectivity index (χ1) is 12.6. The van der Waals surface area contributed by atoms with Gasteiger partial charge in [0.15, 0.2) is 11.5 Å². The molecule has 6 nitrogen and oxygen atoms in total. The number of amides is 1. The molecule has 7 heteroatoms. The number of carbonyl (C=O) groups excluding carboxylic acids is 1. The van der Waals surface area contributed by atoms with Gasteiger partial charge in [0.2, 0.25) is 0 Å². The number of nitrogens with zero attached hydrogens (tertiary/aromatic N) is 2. The number of carbonyl (C=O) groups is 1. The minimum absolute atomic E-state index is 0.0717. The number of methoxy groups -OCH3 is 1. The second kappa shape index (κ2) is 7.60. The maximum absolute atomic E-state index is 12.9. The van der Waals surface area contributed by atoms with Crippen molar-refractivity contribution in [2.75, 3.05) is 7.11 Å². The lowest BCUT2D eigenvalue weighted by molar-refractivity contribution is 0.0945. The Bertz CT molecular complexity index is 915. The summed E-state index contributed by atoms with van der Waals surface area (Å²) in [5.41, 5.74) is 1.38. The Labute approximate surface area is 149 Å². The van der Waals surface area contributed by atoms with Gasteiger partial charge < -0.3 is 15.2 Å². The topological polar surface area (TPSA) is 84.3 Å². The smallest absolute Gasteiger partial charge is 0.270 e. The van der Waals surface area contributed by atoms with E-state index in [0.717, 1.165) is 5.56 Å². The number of ether oxygens (including phenoxy) is 1. The molecule has 1 aromatic carbocycles. The maximum Gasteiger partial charge on any atom is 0.270 e. The van der Waals surface area contributed by atoms with Gasteiger partial charge in [-0.1, -0.05) is 18.2 Å². The zero-order chi connectivity index (χ0) is 18.5. The molecule has 0 radical (unpaired) electrons. The molecular weight excluding hydrogens is 337 g/mol. The Morgan fingerprint density at radius 3 is 2.65 bits per heavy atom. The standard InChI is InChI=1S/C19H16FN3O3/c1-26-16-10-15(19(25)22-11-12-5-7-13(20)8-6-12)23-17(18(16)24)14-4-2-3-9-21-14/h2-10,24H,11H2,1H3,(H,22,25). The number of aromatic hydroxyl groups is 1. The van der Waals surface area contributed by atoms with E-state index in [4.69, 9.17) is 4.74 Å². The fraction of sp³-hybridized carbons (Fsp3) is 0.105. The lowest BCUT2D eigenvalue weighted by Gasteiger charge is -2.11. The van der Waals surface area contributed by atoms with Crippen LogP contribution in [0.25, 0.3) is 11.4 Å². The van der Waals surface area contributed by atoms with Crippen LogP contribution in [0.3, 0.4) is 0 Å². The average molecular weight is 353 g/mol. The Hall–Kier alpha value is -3.48. The van der Waals surface area contributed by atoms with E-state index in [1.807, 2.05) is 0 Å². The third-order valence-corrected chi connectivity index (χ3v) is 3.68. The molecule has 0 unspecified atom stereocenters. The van der Waals surface area contributed by atoms with E-state index in [1.54, 1.807) is 36.5 Å². The summed E-state index contributed by atoms with van der Waals surface area (Å²) < 4.78 is 18.1. The average Bonchev–Trinajstić information content (AvgIpc) is 2.68. The second-order valence-corrected chi connectivity index (χ2v) is 5.43. The second-order valence-electron chi connectivity index (χ2n) is 5.43. The van der Waals surface area contributed by atoms with Gasteiger partial charge >= 0.3 is 0 Å². The Balaban J connectivity index is 1.86. The first-order valence-electron chi connectivity index (χ1n) is 7.80. The molecule has 0 spiro atoms. The molecule has 0 bridgehead atoms. The van der Waals surface area contributed by atoms with E-state index in [-0.39, 0.29) is 35.2 Å². The quantitative estimate of drug-likeness (QED) is 0.737. The highest BCUT2D eigenvalue weighted by Gasteiger charge is 2.18. The minimum atomic E-state index is -0.454. The minimum Gasteiger partial charge on any atom is -0.503 e. The highest BCUT2D eigenvalue weighted by atomic mass is 19.1. The number of aromatic nitrogens is 2. The molecule has 0 aliphatic carbocycles. The van der Waals surface area contributed by atoms with Gasteiger partial charge in [0, 0.05) is 18.8 Å². The van der Waals surface area contributed by atoms with Crippen molar-refractivity contribution in [2.45, 2.75) is 6.54 Å². The van der Waals surface area contributed by atoms with Crippen molar-refractivity contribution in [1.82, 2.24) is 15.3 Å². The molecule has 2 N–H and O–H groups in total. The van der Waals surface area contributed by atoms with Crippen molar-refractivity contribution >= 4 is 5.91 Å². The summed E-state index contributed by atoms with van der Waals surface area (Å²) in [6.45, 7) is 0.211. The van der Waals surface area contributed by atoms with Crippen LogP contribution in [0.5, 0.6) is 11.5 Å². The van der Waals surface area contributed by atoms with Gasteiger partial charge in [0.25, 0.3) is 5.91 Å². The van der Waals surface area contributed by atoms with E-state index in [9.17, 15) is 14.3 Å². The van der Waals surface area contributed by atoms with Crippen molar-refractivity contribution in [2.24, 2.45) is 0 Å². The van der Waals surface area contributed by atoms with E-state index < -0.39 is 5.91 Å². The van der Waals surface area contributed by atoms with E-state index in [0.29, 0.717) is 5.69 Å². The first-order valence-corrected chi connectivity index (χ1v) is 7.80. The van der Waals surface area contributed by atoms with Crippen LogP contribution in [0.15, 0.2) is 54.7 Å². The number of benzene rings is 1. The molecule has 0 fully saturated rings. The molecule has 3 rings (SSSR count). The van der Waals surface area contributed by atoms with E-state index >= 15 is 0 Å². The van der Waals surface area contributed by atoms with Gasteiger partial charge in [-0.25, -0.2) is 9.37 Å². The number of rotatable bonds is 5. The molecule has 132 valence electrons. The van der Waals surface area contributed by atoms with Crippen LogP contribution >= 0.6 is 0 Å². The third kappa shape index (κ3) is 3.77. The summed E-state index contributed by atoms with van der Waals surface area (Å²) >= 11 is 0. The third-order valence-electron chi connectivity index (χ3n) is 3.68. The molecule has 26 heavy (non-hydrogen) atoms. The lowest BCUT2D eigenvalue weighted by atomic mass is 10.2. The van der Waals surface area contributed by atoms with Gasteiger partial charge in [-0.2, -0.15) is 0 Å². The molecule has 0 aliphatic heterocycles. The monoisotopic (exact) mass is 353 g/mol. The van der Waals surface area contributed by atoms with Crippen LogP contribution in [0.2, 0.25) is 0 Å². The summed E-state index contributed by atoms with van der Waals surface area (Å²) in [6.07, 6.45) is 1.56. The van der Waals surface area contributed by atoms with Crippen molar-refractivity contribution in [3.8, 4) is 22.9 Å². The Morgan fingerprint density at radius 2 is 2.00 bits per heavy atom. The predicted molar refractivity (Wildman–Crippen MR) is 93.3 cm³/mol. The molecule has 0 saturated heterocycles. The van der Waals surface area contributed by atoms with E-state index in [2.05, 4.69) is 15.3 Å². The summed E-state index contributed by atoms with van der Waals surface area (Å²) in [7, 11) is 1.39. The zero-order valence-corrected chi connectivity index (χ0v) is 13.9. The predicted octanol–water partition coefficient (Wildman–Crippen LogP) is 2.93. The Kier molecular flexibility index (Phi) is 5.07. The fourth-order valence-electron chi connectivity index (χ4n) is 2.34. The lowest BCUT2D eigenvalue weighted by Crippen LogP contribution is -2.24. The van der Waals surface area contributed by atoms with Crippen molar-refractivity contribution in [3.63, 3.8) is 0 Å². The number of hydrogen-bond acceptors (Lipinski definition) is 5. The Morgan fingerprint density at radius 1 is 1.23 bits per heavy atom. The van der Waals surface area contributed by atoms with Crippen LogP contribution in [-0.4, -0.2) is 28.1 Å². The fourth-order valence-corrected chi connectivity index (χ4v) is 2.34. The molecule has 0 saturated carbocycles. The van der Waals surface area contributed by atoms with Crippen molar-refractivity contribution < 1.29 is 19.0 Å². The zero-order valence-electron chi connectivity index (χ0n) is 13.9. The molecule has 2 heterocycles. The van der Waals surface area contributed by atoms with Gasteiger partial charge in [0.1, 0.15) is 17.2 Å². The number of halogens is 1. The summed E-state index contributed by atoms with van der Waals surface area (Å²) in [6, 6.07) is 12.3. The van der Waals surface area contributed by atoms with Gasteiger partial charge in [-0.3, -0.25) is 9.78 Å². The van der Waals surface area contributed by atoms with Crippen LogP contribution in [0, 0.1) is 5.82 Å². The van der Waals surface area contributed by atoms with Gasteiger partial charge in [-0.05, 0) is 29.8 Å². The van der Waals surface area contributed by atoms with Crippen LogP contribution in [-0.2, 0) is 6.54 Å². The largest absolute Gasteiger partial charge is 0.503 e. The maximum atomic E-state index is 12.9. The molecule has 1 amide bonds. The summed E-state index contributed by atoms with van der Waals surface area (Å²) in [4.78, 5) is 20.8. The highest BCUT2D eigenvalue weighted by molar-refractivity contribution is 5.93. The first kappa shape index (κ1) is 17.3. The normalized spacial score (nSPS) is 10.4. The summed E-state index contributed by atoms with van der Waals surface area (Å²) in [5, 5.41) is 13.0. The highest BCUT2D eigenvalue weighted by Crippen LogP contribution is 2.35. The van der Waals surface area contributed by atoms with Crippen LogP contribution in [0.4, 0.5) is 4.39 Å². The van der Waals surface area contributed by atoms with Crippen LogP contribution < -0.4 is 10.1 Å². The number of nitrogens with one attached hydrogen (secondary N) is 1. The van der Waals surface area contributed by atoms with Crippen molar-refractivity contribution in [1.29, 1.82) is 0 Å². The number of hydrogen-bond donors (Lipinski definition) is 2. The van der Waals surface area contributed by atoms with Crippen LogP contribution in [0.1, 0.15) is 16.1 Å². The molecule has 3 aromatic rings. The SMILES string of the molecule is COc1cc(C(=O)NCc2ccc(F)cc2)nc(-c2ccccn2)c1O. The van der Waals surface area contributed by atoms with Gasteiger partial charge in [-0.15, -0.1) is 0 Å².